The summed E-state index contributed by atoms with van der Waals surface area (Å²) in [6.07, 6.45) is 3.89. The summed E-state index contributed by atoms with van der Waals surface area (Å²) in [4.78, 5) is 0.128. The molecule has 1 aromatic rings. The Morgan fingerprint density at radius 1 is 1.55 bits per heavy atom. The lowest BCUT2D eigenvalue weighted by Gasteiger charge is -2.22. The Hall–Kier alpha value is -1.53. The predicted molar refractivity (Wildman–Crippen MR) is 79.3 cm³/mol. The first-order valence-electron chi connectivity index (χ1n) is 6.62. The summed E-state index contributed by atoms with van der Waals surface area (Å²) in [6.45, 7) is 5.93. The number of nitrogens with one attached hydrogen (secondary N) is 1. The zero-order valence-corrected chi connectivity index (χ0v) is 12.4. The molecule has 1 aliphatic heterocycles. The van der Waals surface area contributed by atoms with E-state index in [1.54, 1.807) is 19.1 Å². The van der Waals surface area contributed by atoms with E-state index < -0.39 is 10.0 Å². The van der Waals surface area contributed by atoms with E-state index in [9.17, 15) is 8.42 Å². The Morgan fingerprint density at radius 2 is 2.30 bits per heavy atom. The average molecular weight is 296 g/mol. The molecule has 2 rings (SSSR count). The molecule has 1 aliphatic rings. The van der Waals surface area contributed by atoms with Gasteiger partial charge < -0.3 is 10.5 Å². The molecular weight excluding hydrogens is 276 g/mol. The zero-order chi connectivity index (χ0) is 14.8. The molecule has 1 aromatic carbocycles. The van der Waals surface area contributed by atoms with Gasteiger partial charge in [-0.1, -0.05) is 6.08 Å². The Kier molecular flexibility index (Phi) is 4.35. The van der Waals surface area contributed by atoms with Crippen LogP contribution in [0, 0.1) is 0 Å². The van der Waals surface area contributed by atoms with E-state index in [0.29, 0.717) is 24.5 Å². The number of nitrogens with two attached hydrogens (primary N) is 1. The first-order chi connectivity index (χ1) is 9.44. The zero-order valence-electron chi connectivity index (χ0n) is 11.6. The number of anilines is 1. The van der Waals surface area contributed by atoms with Gasteiger partial charge in [0.15, 0.2) is 0 Å². The maximum absolute atomic E-state index is 12.5. The summed E-state index contributed by atoms with van der Waals surface area (Å²) in [7, 11) is -3.65. The maximum Gasteiger partial charge on any atom is 0.244 e. The molecule has 0 fully saturated rings. The summed E-state index contributed by atoms with van der Waals surface area (Å²) in [5.41, 5.74) is 7.10. The molecule has 110 valence electrons. The lowest BCUT2D eigenvalue weighted by molar-refractivity contribution is 0.280. The van der Waals surface area contributed by atoms with E-state index in [-0.39, 0.29) is 10.9 Å². The first-order valence-corrected chi connectivity index (χ1v) is 8.11. The predicted octanol–water partition coefficient (Wildman–Crippen LogP) is 1.84. The Labute approximate surface area is 119 Å². The largest absolute Gasteiger partial charge is 0.492 e. The van der Waals surface area contributed by atoms with Crippen LogP contribution in [-0.2, 0) is 16.4 Å². The summed E-state index contributed by atoms with van der Waals surface area (Å²) >= 11 is 0. The molecular formula is C14H20N2O3S. The van der Waals surface area contributed by atoms with Gasteiger partial charge in [0.25, 0.3) is 0 Å². The van der Waals surface area contributed by atoms with Crippen molar-refractivity contribution >= 4 is 15.7 Å². The topological polar surface area (TPSA) is 81.4 Å². The molecule has 0 bridgehead atoms. The Balaban J connectivity index is 2.40. The van der Waals surface area contributed by atoms with Crippen LogP contribution in [0.3, 0.4) is 0 Å². The van der Waals surface area contributed by atoms with Crippen LogP contribution < -0.4 is 15.2 Å². The highest BCUT2D eigenvalue weighted by Gasteiger charge is 2.26. The molecule has 20 heavy (non-hydrogen) atoms. The van der Waals surface area contributed by atoms with Crippen molar-refractivity contribution in [2.24, 2.45) is 0 Å². The van der Waals surface area contributed by atoms with E-state index in [0.717, 1.165) is 18.4 Å². The highest BCUT2D eigenvalue weighted by atomic mass is 32.2. The Morgan fingerprint density at radius 3 is 3.00 bits per heavy atom. The summed E-state index contributed by atoms with van der Waals surface area (Å²) in [5, 5.41) is 0. The van der Waals surface area contributed by atoms with Gasteiger partial charge >= 0.3 is 0 Å². The molecule has 0 aromatic heterocycles. The molecule has 3 N–H and O–H groups in total. The second-order valence-electron chi connectivity index (χ2n) is 5.01. The van der Waals surface area contributed by atoms with E-state index in [4.69, 9.17) is 10.5 Å². The number of fused-ring (bicyclic) bond motifs is 1. The van der Waals surface area contributed by atoms with Gasteiger partial charge in [-0.25, -0.2) is 13.1 Å². The third kappa shape index (κ3) is 3.13. The third-order valence-corrected chi connectivity index (χ3v) is 4.75. The van der Waals surface area contributed by atoms with Crippen LogP contribution in [-0.4, -0.2) is 21.1 Å². The molecule has 0 spiro atoms. The van der Waals surface area contributed by atoms with Crippen LogP contribution in [0.15, 0.2) is 29.7 Å². The van der Waals surface area contributed by atoms with Crippen molar-refractivity contribution in [1.82, 2.24) is 4.72 Å². The second kappa shape index (κ2) is 5.85. The van der Waals surface area contributed by atoms with Crippen LogP contribution in [0.4, 0.5) is 5.69 Å². The minimum absolute atomic E-state index is 0.128. The van der Waals surface area contributed by atoms with Gasteiger partial charge in [0.1, 0.15) is 10.6 Å². The summed E-state index contributed by atoms with van der Waals surface area (Å²) in [5.74, 6) is 0.434. The number of nitrogen functional groups attached to an aromatic ring is 1. The van der Waals surface area contributed by atoms with Crippen molar-refractivity contribution in [3.63, 3.8) is 0 Å². The second-order valence-corrected chi connectivity index (χ2v) is 6.69. The van der Waals surface area contributed by atoms with Crippen molar-refractivity contribution in [2.75, 3.05) is 12.3 Å². The van der Waals surface area contributed by atoms with Crippen LogP contribution in [0.25, 0.3) is 0 Å². The SMILES string of the molecule is C=CCC(C)NS(=O)(=O)c1cc(N)cc2c1OCCC2. The van der Waals surface area contributed by atoms with Gasteiger partial charge in [-0.15, -0.1) is 6.58 Å². The van der Waals surface area contributed by atoms with E-state index in [1.165, 1.54) is 6.07 Å². The molecule has 1 unspecified atom stereocenters. The van der Waals surface area contributed by atoms with Gasteiger partial charge in [-0.05, 0) is 43.9 Å². The van der Waals surface area contributed by atoms with Crippen LogP contribution >= 0.6 is 0 Å². The van der Waals surface area contributed by atoms with Gasteiger partial charge in [0.05, 0.1) is 6.61 Å². The molecule has 0 saturated carbocycles. The summed E-state index contributed by atoms with van der Waals surface area (Å²) in [6, 6.07) is 3.01. The monoisotopic (exact) mass is 296 g/mol. The van der Waals surface area contributed by atoms with E-state index in [2.05, 4.69) is 11.3 Å². The highest BCUT2D eigenvalue weighted by Crippen LogP contribution is 2.34. The molecule has 1 atom stereocenters. The maximum atomic E-state index is 12.5. The molecule has 0 radical (unpaired) electrons. The number of rotatable bonds is 5. The van der Waals surface area contributed by atoms with Crippen molar-refractivity contribution in [3.05, 3.63) is 30.4 Å². The first kappa shape index (κ1) is 14.9. The quantitative estimate of drug-likeness (QED) is 0.641. The smallest absolute Gasteiger partial charge is 0.244 e. The fourth-order valence-corrected chi connectivity index (χ4v) is 3.77. The minimum atomic E-state index is -3.65. The van der Waals surface area contributed by atoms with Crippen LogP contribution in [0.5, 0.6) is 5.75 Å². The van der Waals surface area contributed by atoms with E-state index in [1.807, 2.05) is 0 Å². The molecule has 0 saturated heterocycles. The fraction of sp³-hybridized carbons (Fsp3) is 0.429. The molecule has 6 heteroatoms. The van der Waals surface area contributed by atoms with Crippen molar-refractivity contribution in [1.29, 1.82) is 0 Å². The van der Waals surface area contributed by atoms with Gasteiger partial charge in [-0.2, -0.15) is 0 Å². The molecule has 1 heterocycles. The fourth-order valence-electron chi connectivity index (χ4n) is 2.30. The number of sulfonamides is 1. The lowest BCUT2D eigenvalue weighted by atomic mass is 10.1. The van der Waals surface area contributed by atoms with Crippen LogP contribution in [0.1, 0.15) is 25.3 Å². The van der Waals surface area contributed by atoms with E-state index >= 15 is 0 Å². The number of hydrogen-bond donors (Lipinski definition) is 2. The summed E-state index contributed by atoms with van der Waals surface area (Å²) < 4.78 is 33.1. The number of benzene rings is 1. The van der Waals surface area contributed by atoms with Crippen molar-refractivity contribution in [2.45, 2.75) is 37.1 Å². The normalized spacial score (nSPS) is 16.1. The van der Waals surface area contributed by atoms with Gasteiger partial charge in [0, 0.05) is 11.7 Å². The van der Waals surface area contributed by atoms with Gasteiger partial charge in [-0.3, -0.25) is 0 Å². The van der Waals surface area contributed by atoms with Crippen LogP contribution in [0.2, 0.25) is 0 Å². The van der Waals surface area contributed by atoms with Crippen molar-refractivity contribution in [3.8, 4) is 5.75 Å². The lowest BCUT2D eigenvalue weighted by Crippen LogP contribution is -2.33. The van der Waals surface area contributed by atoms with Crippen molar-refractivity contribution < 1.29 is 13.2 Å². The van der Waals surface area contributed by atoms with Gasteiger partial charge in [0.2, 0.25) is 10.0 Å². The molecule has 0 aliphatic carbocycles. The standard InChI is InChI=1S/C14H20N2O3S/c1-3-5-10(2)16-20(17,18)13-9-12(15)8-11-6-4-7-19-14(11)13/h3,8-10,16H,1,4-7,15H2,2H3. The number of aryl methyl sites for hydroxylation is 1. The third-order valence-electron chi connectivity index (χ3n) is 3.16. The highest BCUT2D eigenvalue weighted by molar-refractivity contribution is 7.89. The average Bonchev–Trinajstić information content (AvgIpc) is 2.37. The minimum Gasteiger partial charge on any atom is -0.492 e. The Bertz CT molecular complexity index is 611. The molecule has 5 nitrogen and oxygen atoms in total. The number of hydrogen-bond acceptors (Lipinski definition) is 4. The number of ether oxygens (including phenoxy) is 1. The molecule has 0 amide bonds.